The van der Waals surface area contributed by atoms with Gasteiger partial charge in [0.25, 0.3) is 0 Å². The lowest BCUT2D eigenvalue weighted by Gasteiger charge is -2.08. The quantitative estimate of drug-likeness (QED) is 0.497. The van der Waals surface area contributed by atoms with Crippen molar-refractivity contribution in [1.82, 2.24) is 9.97 Å². The molecule has 0 aromatic carbocycles. The maximum Gasteiger partial charge on any atom is 0.356 e. The van der Waals surface area contributed by atoms with E-state index in [9.17, 15) is 9.59 Å². The Bertz CT molecular complexity index is 782. The van der Waals surface area contributed by atoms with E-state index in [1.54, 1.807) is 36.0 Å². The van der Waals surface area contributed by atoms with Gasteiger partial charge in [-0.3, -0.25) is 0 Å². The average molecular weight is 453 g/mol. The summed E-state index contributed by atoms with van der Waals surface area (Å²) in [6, 6.07) is 10.6. The lowest BCUT2D eigenvalue weighted by molar-refractivity contribution is 0.0585. The van der Waals surface area contributed by atoms with Gasteiger partial charge in [-0.2, -0.15) is 0 Å². The van der Waals surface area contributed by atoms with Gasteiger partial charge in [0.05, 0.1) is 19.2 Å². The van der Waals surface area contributed by atoms with Crippen LogP contribution in [0.2, 0.25) is 0 Å². The van der Waals surface area contributed by atoms with Crippen molar-refractivity contribution < 1.29 is 19.1 Å². The zero-order chi connectivity index (χ0) is 19.6. The molecule has 8 heteroatoms. The summed E-state index contributed by atoms with van der Waals surface area (Å²) < 4.78 is 9.74. The summed E-state index contributed by atoms with van der Waals surface area (Å²) in [6.07, 6.45) is 5.15. The van der Waals surface area contributed by atoms with Crippen LogP contribution in [-0.4, -0.2) is 41.4 Å². The first kappa shape index (κ1) is 21.4. The Hall–Kier alpha value is -1.93. The molecule has 6 nitrogen and oxygen atoms in total. The number of pyridine rings is 2. The monoisotopic (exact) mass is 452 g/mol. The molecule has 0 aliphatic heterocycles. The summed E-state index contributed by atoms with van der Waals surface area (Å²) in [5, 5.41) is 1.59. The van der Waals surface area contributed by atoms with E-state index in [4.69, 9.17) is 0 Å². The Morgan fingerprint density at radius 3 is 2.07 bits per heavy atom. The van der Waals surface area contributed by atoms with Gasteiger partial charge in [0, 0.05) is 5.25 Å². The van der Waals surface area contributed by atoms with Crippen molar-refractivity contribution in [2.45, 2.75) is 36.0 Å². The molecule has 144 valence electrons. The van der Waals surface area contributed by atoms with Gasteiger partial charge in [0.15, 0.2) is 0 Å². The van der Waals surface area contributed by atoms with Crippen LogP contribution in [0.15, 0.2) is 46.0 Å². The minimum absolute atomic E-state index is 0.307. The van der Waals surface area contributed by atoms with Gasteiger partial charge in [0.1, 0.15) is 16.0 Å². The van der Waals surface area contributed by atoms with Crippen molar-refractivity contribution in [3.05, 3.63) is 52.4 Å². The van der Waals surface area contributed by atoms with Gasteiger partial charge in [0.2, 0.25) is 0 Å². The second-order valence-corrected chi connectivity index (χ2v) is 7.85. The molecule has 1 fully saturated rings. The number of carbonyl (C=O) groups is 2. The zero-order valence-electron chi connectivity index (χ0n) is 15.2. The molecule has 0 radical (unpaired) electrons. The maximum absolute atomic E-state index is 11.3. The molecular weight excluding hydrogens is 432 g/mol. The van der Waals surface area contributed by atoms with Crippen LogP contribution in [0, 0.1) is 0 Å². The highest BCUT2D eigenvalue weighted by Crippen LogP contribution is 2.33. The number of thioether (sulfide) groups is 1. The van der Waals surface area contributed by atoms with Gasteiger partial charge < -0.3 is 9.47 Å². The fourth-order valence-corrected chi connectivity index (χ4v) is 4.06. The number of methoxy groups -OCH3 is 2. The lowest BCUT2D eigenvalue weighted by Crippen LogP contribution is -2.05. The fourth-order valence-electron chi connectivity index (χ4n) is 2.50. The number of rotatable bonds is 4. The number of ether oxygens (including phenoxy) is 2. The molecule has 1 saturated carbocycles. The molecule has 1 aliphatic rings. The highest BCUT2D eigenvalue weighted by Gasteiger charge is 2.17. The molecule has 0 bridgehead atoms. The zero-order valence-corrected chi connectivity index (χ0v) is 17.6. The van der Waals surface area contributed by atoms with Crippen molar-refractivity contribution >= 4 is 39.6 Å². The molecular formula is C19H21BrN2O4S. The molecule has 0 atom stereocenters. The Morgan fingerprint density at radius 2 is 1.52 bits per heavy atom. The highest BCUT2D eigenvalue weighted by atomic mass is 79.9. The molecule has 27 heavy (non-hydrogen) atoms. The third kappa shape index (κ3) is 6.95. The maximum atomic E-state index is 11.3. The number of hydrogen-bond acceptors (Lipinski definition) is 7. The lowest BCUT2D eigenvalue weighted by atomic mass is 10.3. The minimum atomic E-state index is -0.425. The van der Waals surface area contributed by atoms with Crippen LogP contribution in [0.1, 0.15) is 46.7 Å². The van der Waals surface area contributed by atoms with Crippen LogP contribution in [0.4, 0.5) is 0 Å². The summed E-state index contributed by atoms with van der Waals surface area (Å²) in [4.78, 5) is 30.4. The van der Waals surface area contributed by atoms with Crippen molar-refractivity contribution in [3.63, 3.8) is 0 Å². The largest absolute Gasteiger partial charge is 0.464 e. The third-order valence-electron chi connectivity index (χ3n) is 3.82. The number of aromatic nitrogens is 2. The SMILES string of the molecule is COC(=O)c1cccc(Br)n1.COC(=O)c1cccc(SC2CCCC2)n1. The first-order chi connectivity index (χ1) is 13.0. The number of esters is 2. The van der Waals surface area contributed by atoms with Crippen molar-refractivity contribution in [2.75, 3.05) is 14.2 Å². The van der Waals surface area contributed by atoms with Crippen molar-refractivity contribution in [1.29, 1.82) is 0 Å². The topological polar surface area (TPSA) is 78.4 Å². The first-order valence-electron chi connectivity index (χ1n) is 8.46. The summed E-state index contributed by atoms with van der Waals surface area (Å²) in [6.45, 7) is 0. The summed E-state index contributed by atoms with van der Waals surface area (Å²) in [5.74, 6) is -0.792. The van der Waals surface area contributed by atoms with Crippen molar-refractivity contribution in [2.24, 2.45) is 0 Å². The van der Waals surface area contributed by atoms with Gasteiger partial charge in [-0.25, -0.2) is 19.6 Å². The Kier molecular flexibility index (Phi) is 8.74. The van der Waals surface area contributed by atoms with E-state index in [1.807, 2.05) is 12.1 Å². The van der Waals surface area contributed by atoms with E-state index in [0.29, 0.717) is 21.2 Å². The predicted molar refractivity (Wildman–Crippen MR) is 107 cm³/mol. The normalized spacial score (nSPS) is 13.4. The highest BCUT2D eigenvalue weighted by molar-refractivity contribution is 9.10. The second kappa shape index (κ2) is 11.0. The van der Waals surface area contributed by atoms with Gasteiger partial charge in [-0.15, -0.1) is 11.8 Å². The number of halogens is 1. The van der Waals surface area contributed by atoms with E-state index in [0.717, 1.165) is 5.03 Å². The molecule has 2 aromatic rings. The molecule has 0 unspecified atom stereocenters. The van der Waals surface area contributed by atoms with E-state index < -0.39 is 5.97 Å². The Labute approximate surface area is 171 Å². The van der Waals surface area contributed by atoms with E-state index in [2.05, 4.69) is 35.4 Å². The van der Waals surface area contributed by atoms with E-state index >= 15 is 0 Å². The van der Waals surface area contributed by atoms with E-state index in [1.165, 1.54) is 39.9 Å². The molecule has 2 aromatic heterocycles. The second-order valence-electron chi connectivity index (χ2n) is 5.71. The molecule has 3 rings (SSSR count). The molecule has 0 spiro atoms. The summed E-state index contributed by atoms with van der Waals surface area (Å²) >= 11 is 4.92. The molecule has 0 amide bonds. The summed E-state index contributed by atoms with van der Waals surface area (Å²) in [7, 11) is 2.70. The number of carbonyl (C=O) groups excluding carboxylic acids is 2. The van der Waals surface area contributed by atoms with Crippen LogP contribution in [0.25, 0.3) is 0 Å². The van der Waals surface area contributed by atoms with Gasteiger partial charge >= 0.3 is 11.9 Å². The molecule has 2 heterocycles. The molecule has 1 aliphatic carbocycles. The average Bonchev–Trinajstić information content (AvgIpc) is 3.20. The smallest absolute Gasteiger partial charge is 0.356 e. The van der Waals surface area contributed by atoms with Crippen LogP contribution in [0.3, 0.4) is 0 Å². The fraction of sp³-hybridized carbons (Fsp3) is 0.368. The number of hydrogen-bond donors (Lipinski definition) is 0. The Balaban J connectivity index is 0.000000208. The predicted octanol–water partition coefficient (Wildman–Crippen LogP) is 4.53. The summed E-state index contributed by atoms with van der Waals surface area (Å²) in [5.41, 5.74) is 0.701. The molecule has 0 N–H and O–H groups in total. The van der Waals surface area contributed by atoms with Crippen LogP contribution in [0.5, 0.6) is 0 Å². The minimum Gasteiger partial charge on any atom is -0.464 e. The van der Waals surface area contributed by atoms with Gasteiger partial charge in [-0.1, -0.05) is 25.0 Å². The van der Waals surface area contributed by atoms with E-state index in [-0.39, 0.29) is 5.97 Å². The van der Waals surface area contributed by atoms with Crippen LogP contribution in [-0.2, 0) is 9.47 Å². The van der Waals surface area contributed by atoms with Crippen LogP contribution < -0.4 is 0 Å². The van der Waals surface area contributed by atoms with Crippen LogP contribution >= 0.6 is 27.7 Å². The Morgan fingerprint density at radius 1 is 0.963 bits per heavy atom. The third-order valence-corrected chi connectivity index (χ3v) is 5.53. The molecule has 0 saturated heterocycles. The van der Waals surface area contributed by atoms with Gasteiger partial charge in [-0.05, 0) is 53.0 Å². The first-order valence-corrected chi connectivity index (χ1v) is 10.1. The standard InChI is InChI=1S/C12H15NO2S.C7H6BrNO2/c1-15-12(14)10-7-4-8-11(13-10)16-9-5-2-3-6-9;1-11-7(10)5-3-2-4-6(8)9-5/h4,7-9H,2-3,5-6H2,1H3;2-4H,1H3. The van der Waals surface area contributed by atoms with Crippen molar-refractivity contribution in [3.8, 4) is 0 Å². The number of nitrogens with zero attached hydrogens (tertiary/aromatic N) is 2.